The second kappa shape index (κ2) is 6.27. The number of fused-ring (bicyclic) bond motifs is 1. The summed E-state index contributed by atoms with van der Waals surface area (Å²) in [6, 6.07) is 5.97. The van der Waals surface area contributed by atoms with Gasteiger partial charge in [0, 0.05) is 13.1 Å². The van der Waals surface area contributed by atoms with Gasteiger partial charge in [0.1, 0.15) is 5.75 Å². The van der Waals surface area contributed by atoms with E-state index in [-0.39, 0.29) is 17.7 Å². The number of amides is 1. The normalized spacial score (nSPS) is 15.9. The number of anilines is 1. The summed E-state index contributed by atoms with van der Waals surface area (Å²) < 4.78 is 5.44. The van der Waals surface area contributed by atoms with Gasteiger partial charge in [0.05, 0.1) is 18.7 Å². The van der Waals surface area contributed by atoms with E-state index in [4.69, 9.17) is 10.5 Å². The first-order valence-electron chi connectivity index (χ1n) is 7.27. The van der Waals surface area contributed by atoms with Crippen molar-refractivity contribution in [1.29, 1.82) is 0 Å². The molecule has 1 heterocycles. The van der Waals surface area contributed by atoms with Crippen LogP contribution in [0.15, 0.2) is 18.2 Å². The third-order valence-electron chi connectivity index (χ3n) is 4.04. The first kappa shape index (κ1) is 14.9. The van der Waals surface area contributed by atoms with Crippen LogP contribution in [0.4, 0.5) is 5.69 Å². The molecule has 0 radical (unpaired) electrons. The molecule has 2 N–H and O–H groups in total. The van der Waals surface area contributed by atoms with Crippen LogP contribution in [0, 0.1) is 11.8 Å². The Balaban J connectivity index is 2.39. The largest absolute Gasteiger partial charge is 0.495 e. The molecule has 20 heavy (non-hydrogen) atoms. The van der Waals surface area contributed by atoms with Gasteiger partial charge in [0.25, 0.3) is 0 Å². The van der Waals surface area contributed by atoms with Gasteiger partial charge in [0.15, 0.2) is 0 Å². The molecule has 0 bridgehead atoms. The van der Waals surface area contributed by atoms with Gasteiger partial charge in [-0.3, -0.25) is 4.79 Å². The highest BCUT2D eigenvalue weighted by atomic mass is 16.5. The molecule has 2 rings (SSSR count). The lowest BCUT2D eigenvalue weighted by atomic mass is 9.92. The number of aryl methyl sites for hydroxylation is 1. The Hall–Kier alpha value is -1.55. The maximum Gasteiger partial charge on any atom is 0.231 e. The molecule has 0 saturated heterocycles. The van der Waals surface area contributed by atoms with E-state index in [1.54, 1.807) is 7.11 Å². The van der Waals surface area contributed by atoms with Crippen LogP contribution in [0.1, 0.15) is 25.8 Å². The molecular weight excluding hydrogens is 252 g/mol. The Morgan fingerprint density at radius 1 is 1.45 bits per heavy atom. The molecule has 4 heteroatoms. The van der Waals surface area contributed by atoms with Crippen LogP contribution >= 0.6 is 0 Å². The van der Waals surface area contributed by atoms with Crippen molar-refractivity contribution in [3.05, 3.63) is 23.8 Å². The van der Waals surface area contributed by atoms with Gasteiger partial charge in [-0.05, 0) is 30.4 Å². The number of benzene rings is 1. The average Bonchev–Trinajstić information content (AvgIpc) is 2.46. The second-order valence-electron chi connectivity index (χ2n) is 5.65. The van der Waals surface area contributed by atoms with Crippen molar-refractivity contribution in [2.75, 3.05) is 25.1 Å². The van der Waals surface area contributed by atoms with Crippen LogP contribution in [0.5, 0.6) is 5.75 Å². The molecule has 0 spiro atoms. The third kappa shape index (κ3) is 2.66. The average molecular weight is 276 g/mol. The number of hydrogen-bond donors (Lipinski definition) is 1. The molecule has 0 fully saturated rings. The van der Waals surface area contributed by atoms with Crippen LogP contribution < -0.4 is 15.4 Å². The molecule has 4 nitrogen and oxygen atoms in total. The van der Waals surface area contributed by atoms with Gasteiger partial charge in [-0.25, -0.2) is 0 Å². The van der Waals surface area contributed by atoms with Crippen LogP contribution in [-0.4, -0.2) is 26.1 Å². The Labute approximate surface area is 120 Å². The van der Waals surface area contributed by atoms with E-state index in [2.05, 4.69) is 6.07 Å². The summed E-state index contributed by atoms with van der Waals surface area (Å²) in [5.74, 6) is 1.00. The Kier molecular flexibility index (Phi) is 4.65. The summed E-state index contributed by atoms with van der Waals surface area (Å²) in [6.45, 7) is 5.22. The first-order chi connectivity index (χ1) is 9.60. The molecule has 0 aliphatic carbocycles. The van der Waals surface area contributed by atoms with E-state index >= 15 is 0 Å². The zero-order valence-corrected chi connectivity index (χ0v) is 12.6. The molecule has 1 unspecified atom stereocenters. The van der Waals surface area contributed by atoms with E-state index in [1.807, 2.05) is 30.9 Å². The summed E-state index contributed by atoms with van der Waals surface area (Å²) in [4.78, 5) is 14.7. The minimum Gasteiger partial charge on any atom is -0.495 e. The van der Waals surface area contributed by atoms with E-state index in [1.165, 1.54) is 5.56 Å². The number of methoxy groups -OCH3 is 1. The van der Waals surface area contributed by atoms with Crippen LogP contribution in [0.2, 0.25) is 0 Å². The predicted octanol–water partition coefficient (Wildman–Crippen LogP) is 2.21. The van der Waals surface area contributed by atoms with Crippen molar-refractivity contribution >= 4 is 11.6 Å². The van der Waals surface area contributed by atoms with Gasteiger partial charge >= 0.3 is 0 Å². The van der Waals surface area contributed by atoms with E-state index in [0.29, 0.717) is 6.54 Å². The summed E-state index contributed by atoms with van der Waals surface area (Å²) in [5, 5.41) is 0. The zero-order valence-electron chi connectivity index (χ0n) is 12.6. The van der Waals surface area contributed by atoms with E-state index < -0.39 is 0 Å². The van der Waals surface area contributed by atoms with Gasteiger partial charge in [-0.2, -0.15) is 0 Å². The number of nitrogens with two attached hydrogens (primary N) is 1. The molecule has 1 aromatic rings. The second-order valence-corrected chi connectivity index (χ2v) is 5.65. The minimum atomic E-state index is -0.133. The fourth-order valence-corrected chi connectivity index (χ4v) is 2.86. The molecule has 1 aliphatic rings. The number of carbonyl (C=O) groups excluding carboxylic acids is 1. The molecule has 0 aromatic heterocycles. The number of ether oxygens (including phenoxy) is 1. The zero-order chi connectivity index (χ0) is 14.7. The van der Waals surface area contributed by atoms with Gasteiger partial charge < -0.3 is 15.4 Å². The quantitative estimate of drug-likeness (QED) is 0.917. The molecule has 110 valence electrons. The Bertz CT molecular complexity index is 471. The highest BCUT2D eigenvalue weighted by molar-refractivity contribution is 5.98. The van der Waals surface area contributed by atoms with Crippen molar-refractivity contribution in [2.45, 2.75) is 26.7 Å². The smallest absolute Gasteiger partial charge is 0.231 e. The topological polar surface area (TPSA) is 55.6 Å². The molecular formula is C16H24N2O2. The summed E-state index contributed by atoms with van der Waals surface area (Å²) >= 11 is 0. The lowest BCUT2D eigenvalue weighted by Gasteiger charge is -2.34. The van der Waals surface area contributed by atoms with Crippen molar-refractivity contribution in [3.8, 4) is 5.75 Å². The lowest BCUT2D eigenvalue weighted by Crippen LogP contribution is -2.44. The summed E-state index contributed by atoms with van der Waals surface area (Å²) in [5.41, 5.74) is 7.91. The van der Waals surface area contributed by atoms with Crippen LogP contribution in [0.25, 0.3) is 0 Å². The summed E-state index contributed by atoms with van der Waals surface area (Å²) in [7, 11) is 1.65. The fourth-order valence-electron chi connectivity index (χ4n) is 2.86. The third-order valence-corrected chi connectivity index (χ3v) is 4.04. The minimum absolute atomic E-state index is 0.118. The number of para-hydroxylation sites is 1. The molecule has 1 aromatic carbocycles. The SMILES string of the molecule is COc1cccc2c1N(C(=O)C(CN)C(C)C)CCC2. The van der Waals surface area contributed by atoms with Crippen LogP contribution in [0.3, 0.4) is 0 Å². The standard InChI is InChI=1S/C16H24N2O2/c1-11(2)13(10-17)16(19)18-9-5-7-12-6-4-8-14(20-3)15(12)18/h4,6,8,11,13H,5,7,9-10,17H2,1-3H3. The van der Waals surface area contributed by atoms with Crippen molar-refractivity contribution < 1.29 is 9.53 Å². The lowest BCUT2D eigenvalue weighted by molar-refractivity contribution is -0.123. The van der Waals surface area contributed by atoms with E-state index in [0.717, 1.165) is 30.8 Å². The van der Waals surface area contributed by atoms with Gasteiger partial charge in [-0.15, -0.1) is 0 Å². The highest BCUT2D eigenvalue weighted by Gasteiger charge is 2.31. The molecule has 1 aliphatic heterocycles. The van der Waals surface area contributed by atoms with Crippen LogP contribution in [-0.2, 0) is 11.2 Å². The number of hydrogen-bond acceptors (Lipinski definition) is 3. The maximum absolute atomic E-state index is 12.8. The summed E-state index contributed by atoms with van der Waals surface area (Å²) in [6.07, 6.45) is 1.98. The van der Waals surface area contributed by atoms with Crippen molar-refractivity contribution in [3.63, 3.8) is 0 Å². The van der Waals surface area contributed by atoms with Crippen molar-refractivity contribution in [2.24, 2.45) is 17.6 Å². The fraction of sp³-hybridized carbons (Fsp3) is 0.562. The maximum atomic E-state index is 12.8. The highest BCUT2D eigenvalue weighted by Crippen LogP contribution is 2.37. The van der Waals surface area contributed by atoms with Crippen molar-refractivity contribution in [1.82, 2.24) is 0 Å². The molecule has 1 amide bonds. The monoisotopic (exact) mass is 276 g/mol. The molecule has 1 atom stereocenters. The predicted molar refractivity (Wildman–Crippen MR) is 81.1 cm³/mol. The number of rotatable bonds is 4. The van der Waals surface area contributed by atoms with Gasteiger partial charge in [0.2, 0.25) is 5.91 Å². The number of carbonyl (C=O) groups is 1. The number of nitrogens with zero attached hydrogens (tertiary/aromatic N) is 1. The Morgan fingerprint density at radius 3 is 2.80 bits per heavy atom. The van der Waals surface area contributed by atoms with Gasteiger partial charge in [-0.1, -0.05) is 26.0 Å². The molecule has 0 saturated carbocycles. The van der Waals surface area contributed by atoms with E-state index in [9.17, 15) is 4.79 Å². The first-order valence-corrected chi connectivity index (χ1v) is 7.27. The Morgan fingerprint density at radius 2 is 2.20 bits per heavy atom.